The van der Waals surface area contributed by atoms with E-state index in [9.17, 15) is 24.6 Å². The van der Waals surface area contributed by atoms with Crippen LogP contribution >= 0.6 is 0 Å². The summed E-state index contributed by atoms with van der Waals surface area (Å²) in [4.78, 5) is 38.1. The third-order valence-electron chi connectivity index (χ3n) is 7.46. The molecule has 0 spiro atoms. The van der Waals surface area contributed by atoms with Crippen LogP contribution < -0.4 is 5.11 Å². The topological polar surface area (TPSA) is 94.5 Å². The van der Waals surface area contributed by atoms with E-state index in [0.717, 1.165) is 38.5 Å². The summed E-state index contributed by atoms with van der Waals surface area (Å²) in [5.74, 6) is -2.28. The van der Waals surface area contributed by atoms with E-state index in [0.29, 0.717) is 12.8 Å². The molecule has 0 saturated carbocycles. The predicted octanol–water partition coefficient (Wildman–Crippen LogP) is 5.91. The SMILES string of the molecule is CCCCCCCCCCCC(=O)C(C(O)(CC(=O)[O-])C(=O)CCCCCCCCCCC)[N+](C)(C)C. The van der Waals surface area contributed by atoms with Crippen LogP contribution in [0.4, 0.5) is 0 Å². The number of hydrogen-bond donors (Lipinski definition) is 1. The molecule has 0 fully saturated rings. The van der Waals surface area contributed by atoms with Gasteiger partial charge in [0.1, 0.15) is 0 Å². The second-order valence-corrected chi connectivity index (χ2v) is 12.0. The van der Waals surface area contributed by atoms with Crippen LogP contribution in [0.2, 0.25) is 0 Å². The van der Waals surface area contributed by atoms with Crippen LogP contribution in [0.5, 0.6) is 0 Å². The van der Waals surface area contributed by atoms with Gasteiger partial charge in [0, 0.05) is 25.2 Å². The van der Waals surface area contributed by atoms with Gasteiger partial charge in [-0.3, -0.25) is 9.59 Å². The molecule has 0 rings (SSSR count). The Labute approximate surface area is 228 Å². The van der Waals surface area contributed by atoms with Crippen molar-refractivity contribution in [2.24, 2.45) is 0 Å². The first kappa shape index (κ1) is 35.7. The normalized spacial score (nSPS) is 14.3. The van der Waals surface area contributed by atoms with E-state index in [1.807, 2.05) is 0 Å². The lowest BCUT2D eigenvalue weighted by atomic mass is 9.79. The van der Waals surface area contributed by atoms with Gasteiger partial charge in [-0.05, 0) is 12.8 Å². The van der Waals surface area contributed by atoms with Gasteiger partial charge in [0.05, 0.1) is 21.1 Å². The Morgan fingerprint density at radius 1 is 0.649 bits per heavy atom. The van der Waals surface area contributed by atoms with E-state index in [1.54, 1.807) is 21.1 Å². The van der Waals surface area contributed by atoms with Crippen molar-refractivity contribution in [3.05, 3.63) is 0 Å². The van der Waals surface area contributed by atoms with Crippen molar-refractivity contribution in [3.8, 4) is 0 Å². The number of unbranched alkanes of at least 4 members (excludes halogenated alkanes) is 16. The summed E-state index contributed by atoms with van der Waals surface area (Å²) in [5, 5.41) is 23.1. The first-order chi connectivity index (χ1) is 17.5. The molecule has 0 amide bonds. The highest BCUT2D eigenvalue weighted by molar-refractivity contribution is 5.98. The molecular formula is C31H59NO5. The predicted molar refractivity (Wildman–Crippen MR) is 150 cm³/mol. The Morgan fingerprint density at radius 2 is 1.00 bits per heavy atom. The lowest BCUT2D eigenvalue weighted by Gasteiger charge is -2.42. The summed E-state index contributed by atoms with van der Waals surface area (Å²) < 4.78 is 0.00351. The summed E-state index contributed by atoms with van der Waals surface area (Å²) in [5.41, 5.74) is -2.24. The maximum atomic E-state index is 13.3. The number of hydrogen-bond acceptors (Lipinski definition) is 5. The third-order valence-corrected chi connectivity index (χ3v) is 7.46. The zero-order valence-corrected chi connectivity index (χ0v) is 25.0. The summed E-state index contributed by atoms with van der Waals surface area (Å²) in [6, 6.07) is -1.12. The van der Waals surface area contributed by atoms with E-state index in [-0.39, 0.29) is 23.1 Å². The number of quaternary nitrogens is 1. The number of rotatable bonds is 26. The van der Waals surface area contributed by atoms with Gasteiger partial charge in [-0.2, -0.15) is 0 Å². The molecule has 0 aromatic heterocycles. The molecule has 0 aromatic carbocycles. The van der Waals surface area contributed by atoms with Gasteiger partial charge in [0.25, 0.3) is 0 Å². The molecular weight excluding hydrogens is 466 g/mol. The Bertz CT molecular complexity index is 628. The Morgan fingerprint density at radius 3 is 1.35 bits per heavy atom. The Hall–Kier alpha value is -1.27. The summed E-state index contributed by atoms with van der Waals surface area (Å²) in [6.07, 6.45) is 19.4. The number of carboxylic acid groups (broad SMARTS) is 1. The van der Waals surface area contributed by atoms with Crippen LogP contribution in [0.1, 0.15) is 149 Å². The number of nitrogens with zero attached hydrogens (tertiary/aromatic N) is 1. The van der Waals surface area contributed by atoms with E-state index in [2.05, 4.69) is 13.8 Å². The second-order valence-electron chi connectivity index (χ2n) is 12.0. The van der Waals surface area contributed by atoms with Crippen molar-refractivity contribution in [2.45, 2.75) is 160 Å². The van der Waals surface area contributed by atoms with Gasteiger partial charge in [0.2, 0.25) is 0 Å². The molecule has 6 heteroatoms. The standard InChI is InChI=1S/C31H59NO5/c1-6-8-10-12-14-16-18-20-22-24-27(33)30(32(3,4)5)31(37,26-29(35)36)28(34)25-23-21-19-17-15-13-11-9-7-2/h30,37H,6-26H2,1-5H3. The molecule has 2 unspecified atom stereocenters. The van der Waals surface area contributed by atoms with E-state index >= 15 is 0 Å². The number of ketones is 2. The highest BCUT2D eigenvalue weighted by atomic mass is 16.4. The van der Waals surface area contributed by atoms with Crippen LogP contribution in [0.3, 0.4) is 0 Å². The average Bonchev–Trinajstić information content (AvgIpc) is 2.80. The van der Waals surface area contributed by atoms with Crippen LogP contribution in [-0.4, -0.2) is 59.9 Å². The van der Waals surface area contributed by atoms with E-state index in [1.165, 1.54) is 64.2 Å². The molecule has 2 atom stereocenters. The first-order valence-corrected chi connectivity index (χ1v) is 15.3. The van der Waals surface area contributed by atoms with Crippen molar-refractivity contribution in [1.29, 1.82) is 0 Å². The van der Waals surface area contributed by atoms with Gasteiger partial charge in [0.15, 0.2) is 23.2 Å². The first-order valence-electron chi connectivity index (χ1n) is 15.3. The number of likely N-dealkylation sites (N-methyl/N-ethyl adjacent to an activating group) is 1. The molecule has 1 N–H and O–H groups in total. The van der Waals surface area contributed by atoms with Crippen LogP contribution in [0.25, 0.3) is 0 Å². The molecule has 0 aliphatic carbocycles. The zero-order valence-electron chi connectivity index (χ0n) is 25.0. The molecule has 0 bridgehead atoms. The van der Waals surface area contributed by atoms with Crippen LogP contribution in [-0.2, 0) is 14.4 Å². The highest BCUT2D eigenvalue weighted by Crippen LogP contribution is 2.29. The van der Waals surface area contributed by atoms with Gasteiger partial charge < -0.3 is 19.5 Å². The van der Waals surface area contributed by atoms with Gasteiger partial charge >= 0.3 is 0 Å². The Kier molecular flexibility index (Phi) is 20.0. The maximum absolute atomic E-state index is 13.3. The minimum atomic E-state index is -2.24. The molecule has 0 aliphatic rings. The number of aliphatic carboxylic acids is 1. The molecule has 0 aliphatic heterocycles. The van der Waals surface area contributed by atoms with Crippen LogP contribution in [0.15, 0.2) is 0 Å². The van der Waals surface area contributed by atoms with Crippen molar-refractivity contribution >= 4 is 17.5 Å². The van der Waals surface area contributed by atoms with Gasteiger partial charge in [-0.25, -0.2) is 0 Å². The van der Waals surface area contributed by atoms with Gasteiger partial charge in [-0.1, -0.05) is 117 Å². The fourth-order valence-electron chi connectivity index (χ4n) is 5.47. The van der Waals surface area contributed by atoms with Crippen molar-refractivity contribution in [3.63, 3.8) is 0 Å². The van der Waals surface area contributed by atoms with Crippen LogP contribution in [0, 0.1) is 0 Å². The smallest absolute Gasteiger partial charge is 0.193 e. The molecule has 0 heterocycles. The molecule has 6 nitrogen and oxygen atoms in total. The van der Waals surface area contributed by atoms with E-state index in [4.69, 9.17) is 0 Å². The highest BCUT2D eigenvalue weighted by Gasteiger charge is 2.53. The number of aliphatic hydroxyl groups is 1. The third kappa shape index (κ3) is 16.3. The Balaban J connectivity index is 4.89. The van der Waals surface area contributed by atoms with Crippen molar-refractivity contribution < 1.29 is 29.1 Å². The van der Waals surface area contributed by atoms with Crippen molar-refractivity contribution in [2.75, 3.05) is 21.1 Å². The molecule has 218 valence electrons. The van der Waals surface area contributed by atoms with Gasteiger partial charge in [-0.15, -0.1) is 0 Å². The fraction of sp³-hybridized carbons (Fsp3) is 0.903. The number of carbonyl (C=O) groups is 3. The van der Waals surface area contributed by atoms with E-state index < -0.39 is 29.8 Å². The average molecular weight is 526 g/mol. The van der Waals surface area contributed by atoms with Crippen molar-refractivity contribution in [1.82, 2.24) is 0 Å². The molecule has 0 saturated heterocycles. The monoisotopic (exact) mass is 525 g/mol. The molecule has 37 heavy (non-hydrogen) atoms. The number of Topliss-reactive ketones (excluding diaryl/α,β-unsaturated/α-hetero) is 2. The zero-order chi connectivity index (χ0) is 28.2. The minimum absolute atomic E-state index is 0.00351. The fourth-order valence-corrected chi connectivity index (χ4v) is 5.47. The molecule has 0 aromatic rings. The lowest BCUT2D eigenvalue weighted by Crippen LogP contribution is -2.66. The largest absolute Gasteiger partial charge is 0.550 e. The molecule has 0 radical (unpaired) electrons. The number of carboxylic acids is 1. The quantitative estimate of drug-likeness (QED) is 0.112. The summed E-state index contributed by atoms with van der Waals surface area (Å²) in [7, 11) is 5.22. The second kappa shape index (κ2) is 20.7. The summed E-state index contributed by atoms with van der Waals surface area (Å²) >= 11 is 0. The maximum Gasteiger partial charge on any atom is 0.193 e. The lowest BCUT2D eigenvalue weighted by molar-refractivity contribution is -0.892. The number of carbonyl (C=O) groups excluding carboxylic acids is 3. The summed E-state index contributed by atoms with van der Waals surface area (Å²) in [6.45, 7) is 4.41. The minimum Gasteiger partial charge on any atom is -0.550 e.